The van der Waals surface area contributed by atoms with Crippen LogP contribution in [0.3, 0.4) is 0 Å². The van der Waals surface area contributed by atoms with Crippen molar-refractivity contribution in [1.82, 2.24) is 5.32 Å². The van der Waals surface area contributed by atoms with Crippen LogP contribution in [0.15, 0.2) is 30.3 Å². The molecule has 1 saturated carbocycles. The van der Waals surface area contributed by atoms with E-state index in [0.717, 1.165) is 0 Å². The SMILES string of the molecule is NC(=O)OCCNC(c1ccccc1)C1CCCCC1. The van der Waals surface area contributed by atoms with E-state index in [4.69, 9.17) is 10.5 Å². The Hall–Kier alpha value is -1.55. The fourth-order valence-corrected chi connectivity index (χ4v) is 3.05. The third kappa shape index (κ3) is 4.53. The molecule has 0 saturated heterocycles. The van der Waals surface area contributed by atoms with Crippen molar-refractivity contribution in [3.05, 3.63) is 35.9 Å². The van der Waals surface area contributed by atoms with Crippen molar-refractivity contribution in [1.29, 1.82) is 0 Å². The van der Waals surface area contributed by atoms with Crippen molar-refractivity contribution in [2.24, 2.45) is 11.7 Å². The Balaban J connectivity index is 1.94. The third-order valence-corrected chi connectivity index (χ3v) is 3.99. The van der Waals surface area contributed by atoms with Crippen molar-refractivity contribution in [3.8, 4) is 0 Å². The molecule has 1 aromatic carbocycles. The second-order valence-electron chi connectivity index (χ2n) is 5.41. The lowest BCUT2D eigenvalue weighted by Gasteiger charge is -2.31. The number of hydrogen-bond acceptors (Lipinski definition) is 3. The van der Waals surface area contributed by atoms with Crippen molar-refractivity contribution >= 4 is 6.09 Å². The smallest absolute Gasteiger partial charge is 0.404 e. The number of nitrogens with one attached hydrogen (secondary N) is 1. The van der Waals surface area contributed by atoms with Gasteiger partial charge in [0.2, 0.25) is 0 Å². The Kier molecular flexibility index (Phi) is 5.87. The third-order valence-electron chi connectivity index (χ3n) is 3.99. The Morgan fingerprint density at radius 2 is 1.95 bits per heavy atom. The fourth-order valence-electron chi connectivity index (χ4n) is 3.05. The van der Waals surface area contributed by atoms with Gasteiger partial charge in [-0.3, -0.25) is 0 Å². The monoisotopic (exact) mass is 276 g/mol. The topological polar surface area (TPSA) is 64.4 Å². The van der Waals surface area contributed by atoms with E-state index in [9.17, 15) is 4.79 Å². The van der Waals surface area contributed by atoms with Gasteiger partial charge in [-0.2, -0.15) is 0 Å². The lowest BCUT2D eigenvalue weighted by Crippen LogP contribution is -2.33. The number of rotatable bonds is 6. The molecule has 4 nitrogen and oxygen atoms in total. The molecule has 1 fully saturated rings. The van der Waals surface area contributed by atoms with E-state index in [1.165, 1.54) is 37.7 Å². The summed E-state index contributed by atoms with van der Waals surface area (Å²) >= 11 is 0. The summed E-state index contributed by atoms with van der Waals surface area (Å²) in [5.41, 5.74) is 6.29. The molecule has 2 rings (SSSR count). The molecule has 4 heteroatoms. The molecule has 1 aliphatic carbocycles. The molecular formula is C16H24N2O2. The molecule has 0 bridgehead atoms. The molecule has 1 amide bonds. The molecule has 3 N–H and O–H groups in total. The summed E-state index contributed by atoms with van der Waals surface area (Å²) in [7, 11) is 0. The van der Waals surface area contributed by atoms with E-state index in [1.807, 2.05) is 6.07 Å². The maximum absolute atomic E-state index is 10.6. The summed E-state index contributed by atoms with van der Waals surface area (Å²) in [5, 5.41) is 3.53. The predicted molar refractivity (Wildman–Crippen MR) is 79.3 cm³/mol. The number of benzene rings is 1. The second kappa shape index (κ2) is 7.90. The first-order chi connectivity index (χ1) is 9.77. The summed E-state index contributed by atoms with van der Waals surface area (Å²) < 4.78 is 4.79. The molecular weight excluding hydrogens is 252 g/mol. The standard InChI is InChI=1S/C16H24N2O2/c17-16(19)20-12-11-18-15(13-7-3-1-4-8-13)14-9-5-2-6-10-14/h1,3-4,7-8,14-15,18H,2,5-6,9-12H2,(H2,17,19). The van der Waals surface area contributed by atoms with Gasteiger partial charge in [0.25, 0.3) is 0 Å². The lowest BCUT2D eigenvalue weighted by atomic mass is 9.81. The Morgan fingerprint density at radius 1 is 1.25 bits per heavy atom. The first-order valence-corrected chi connectivity index (χ1v) is 7.48. The second-order valence-corrected chi connectivity index (χ2v) is 5.41. The minimum atomic E-state index is -0.708. The van der Waals surface area contributed by atoms with Crippen LogP contribution in [0.2, 0.25) is 0 Å². The maximum atomic E-state index is 10.6. The van der Waals surface area contributed by atoms with Gasteiger partial charge in [0.05, 0.1) is 0 Å². The van der Waals surface area contributed by atoms with Crippen LogP contribution in [-0.2, 0) is 4.74 Å². The van der Waals surface area contributed by atoms with Crippen LogP contribution in [-0.4, -0.2) is 19.2 Å². The lowest BCUT2D eigenvalue weighted by molar-refractivity contribution is 0.153. The summed E-state index contributed by atoms with van der Waals surface area (Å²) in [4.78, 5) is 10.6. The number of nitrogens with two attached hydrogens (primary N) is 1. The van der Waals surface area contributed by atoms with Crippen molar-refractivity contribution in [2.45, 2.75) is 38.1 Å². The largest absolute Gasteiger partial charge is 0.448 e. The van der Waals surface area contributed by atoms with Gasteiger partial charge in [-0.15, -0.1) is 0 Å². The van der Waals surface area contributed by atoms with E-state index in [2.05, 4.69) is 29.6 Å². The highest BCUT2D eigenvalue weighted by Crippen LogP contribution is 2.34. The molecule has 110 valence electrons. The zero-order valence-electron chi connectivity index (χ0n) is 11.9. The molecule has 0 heterocycles. The molecule has 20 heavy (non-hydrogen) atoms. The molecule has 1 aromatic rings. The first-order valence-electron chi connectivity index (χ1n) is 7.48. The highest BCUT2D eigenvalue weighted by atomic mass is 16.5. The van der Waals surface area contributed by atoms with Crippen molar-refractivity contribution in [2.75, 3.05) is 13.2 Å². The highest BCUT2D eigenvalue weighted by Gasteiger charge is 2.24. The Labute approximate surface area is 120 Å². The number of primary amides is 1. The fraction of sp³-hybridized carbons (Fsp3) is 0.562. The average Bonchev–Trinajstić information content (AvgIpc) is 2.49. The quantitative estimate of drug-likeness (QED) is 0.785. The number of amides is 1. The average molecular weight is 276 g/mol. The number of hydrogen-bond donors (Lipinski definition) is 2. The van der Waals surface area contributed by atoms with Gasteiger partial charge in [0.15, 0.2) is 0 Å². The van der Waals surface area contributed by atoms with E-state index in [-0.39, 0.29) is 0 Å². The maximum Gasteiger partial charge on any atom is 0.404 e. The van der Waals surface area contributed by atoms with Gasteiger partial charge in [-0.05, 0) is 24.3 Å². The highest BCUT2D eigenvalue weighted by molar-refractivity contribution is 5.64. The zero-order valence-corrected chi connectivity index (χ0v) is 11.9. The van der Waals surface area contributed by atoms with Crippen LogP contribution >= 0.6 is 0 Å². The van der Waals surface area contributed by atoms with E-state index in [1.54, 1.807) is 0 Å². The molecule has 0 radical (unpaired) electrons. The van der Waals surface area contributed by atoms with E-state index < -0.39 is 6.09 Å². The number of carbonyl (C=O) groups is 1. The molecule has 0 aromatic heterocycles. The van der Waals surface area contributed by atoms with Gasteiger partial charge < -0.3 is 15.8 Å². The normalized spacial score (nSPS) is 17.6. The van der Waals surface area contributed by atoms with Crippen LogP contribution in [0.1, 0.15) is 43.7 Å². The van der Waals surface area contributed by atoms with Crippen LogP contribution < -0.4 is 11.1 Å². The van der Waals surface area contributed by atoms with Gasteiger partial charge >= 0.3 is 6.09 Å². The molecule has 1 aliphatic rings. The van der Waals surface area contributed by atoms with Crippen molar-refractivity contribution in [3.63, 3.8) is 0 Å². The van der Waals surface area contributed by atoms with Gasteiger partial charge in [0, 0.05) is 12.6 Å². The van der Waals surface area contributed by atoms with E-state index >= 15 is 0 Å². The minimum Gasteiger partial charge on any atom is -0.448 e. The van der Waals surface area contributed by atoms with Crippen LogP contribution in [0, 0.1) is 5.92 Å². The van der Waals surface area contributed by atoms with E-state index in [0.29, 0.717) is 25.1 Å². The molecule has 1 unspecified atom stereocenters. The number of ether oxygens (including phenoxy) is 1. The Morgan fingerprint density at radius 3 is 2.60 bits per heavy atom. The summed E-state index contributed by atoms with van der Waals surface area (Å²) in [5.74, 6) is 0.666. The zero-order chi connectivity index (χ0) is 14.2. The number of carbonyl (C=O) groups excluding carboxylic acids is 1. The molecule has 1 atom stereocenters. The summed E-state index contributed by atoms with van der Waals surface area (Å²) in [6, 6.07) is 10.9. The van der Waals surface area contributed by atoms with Crippen molar-refractivity contribution < 1.29 is 9.53 Å². The first kappa shape index (κ1) is 14.9. The summed E-state index contributed by atoms with van der Waals surface area (Å²) in [6.07, 6.45) is 5.80. The minimum absolute atomic E-state index is 0.325. The van der Waals surface area contributed by atoms with Gasteiger partial charge in [0.1, 0.15) is 6.61 Å². The van der Waals surface area contributed by atoms with Crippen LogP contribution in [0.25, 0.3) is 0 Å². The van der Waals surface area contributed by atoms with Gasteiger partial charge in [-0.25, -0.2) is 4.79 Å². The van der Waals surface area contributed by atoms with Crippen LogP contribution in [0.5, 0.6) is 0 Å². The molecule has 0 spiro atoms. The molecule has 0 aliphatic heterocycles. The Bertz CT molecular complexity index is 402. The predicted octanol–water partition coefficient (Wildman–Crippen LogP) is 2.99. The summed E-state index contributed by atoms with van der Waals surface area (Å²) in [6.45, 7) is 0.963. The van der Waals surface area contributed by atoms with Crippen LogP contribution in [0.4, 0.5) is 4.79 Å². The van der Waals surface area contributed by atoms with Gasteiger partial charge in [-0.1, -0.05) is 49.6 Å².